The van der Waals surface area contributed by atoms with Gasteiger partial charge in [0.05, 0.1) is 26.9 Å². The zero-order valence-corrected chi connectivity index (χ0v) is 17.6. The number of fused-ring (bicyclic) bond motifs is 2. The Morgan fingerprint density at radius 1 is 0.903 bits per heavy atom. The van der Waals surface area contributed by atoms with Crippen molar-refractivity contribution in [2.75, 3.05) is 0 Å². The van der Waals surface area contributed by atoms with Crippen molar-refractivity contribution in [2.45, 2.75) is 10.1 Å². The highest BCUT2D eigenvalue weighted by atomic mass is 32.2. The van der Waals surface area contributed by atoms with Gasteiger partial charge in [0.25, 0.3) is 11.8 Å². The number of carbonyl (C=O) groups excluding carboxylic acids is 3. The SMILES string of the molecule is O=C(ON1C(=O)c2ccccc2C1=O)c1ccc(CSc2nc3ccccc3s2)cc1. The van der Waals surface area contributed by atoms with Gasteiger partial charge in [0.1, 0.15) is 0 Å². The fourth-order valence-corrected chi connectivity index (χ4v) is 5.20. The molecule has 0 fully saturated rings. The van der Waals surface area contributed by atoms with Gasteiger partial charge in [0.15, 0.2) is 4.34 Å². The molecular formula is C23H14N2O4S2. The molecule has 0 bridgehead atoms. The Hall–Kier alpha value is -3.49. The summed E-state index contributed by atoms with van der Waals surface area (Å²) in [5.41, 5.74) is 2.71. The van der Waals surface area contributed by atoms with E-state index in [-0.39, 0.29) is 16.7 Å². The van der Waals surface area contributed by atoms with Crippen LogP contribution in [0.3, 0.4) is 0 Å². The molecule has 0 unspecified atom stereocenters. The van der Waals surface area contributed by atoms with Gasteiger partial charge in [0, 0.05) is 5.75 Å². The lowest BCUT2D eigenvalue weighted by Gasteiger charge is -2.12. The molecule has 6 nitrogen and oxygen atoms in total. The van der Waals surface area contributed by atoms with E-state index in [4.69, 9.17) is 4.84 Å². The fraction of sp³-hybridized carbons (Fsp3) is 0.0435. The molecule has 2 heterocycles. The van der Waals surface area contributed by atoms with E-state index in [2.05, 4.69) is 4.98 Å². The van der Waals surface area contributed by atoms with Gasteiger partial charge in [-0.05, 0) is 42.0 Å². The highest BCUT2D eigenvalue weighted by Gasteiger charge is 2.38. The van der Waals surface area contributed by atoms with E-state index >= 15 is 0 Å². The Labute approximate surface area is 185 Å². The maximum Gasteiger partial charge on any atom is 0.363 e. The first-order valence-corrected chi connectivity index (χ1v) is 11.2. The summed E-state index contributed by atoms with van der Waals surface area (Å²) in [7, 11) is 0. The third-order valence-electron chi connectivity index (χ3n) is 4.76. The van der Waals surface area contributed by atoms with Gasteiger partial charge in [0.2, 0.25) is 0 Å². The summed E-state index contributed by atoms with van der Waals surface area (Å²) < 4.78 is 2.13. The van der Waals surface area contributed by atoms with Crippen LogP contribution in [-0.4, -0.2) is 27.8 Å². The van der Waals surface area contributed by atoms with Crippen molar-refractivity contribution in [3.63, 3.8) is 0 Å². The highest BCUT2D eigenvalue weighted by molar-refractivity contribution is 8.00. The van der Waals surface area contributed by atoms with Crippen molar-refractivity contribution >= 4 is 51.1 Å². The number of amides is 2. The Morgan fingerprint density at radius 3 is 2.23 bits per heavy atom. The molecule has 0 radical (unpaired) electrons. The minimum Gasteiger partial charge on any atom is -0.324 e. The number of aromatic nitrogens is 1. The van der Waals surface area contributed by atoms with Gasteiger partial charge < -0.3 is 4.84 Å². The van der Waals surface area contributed by atoms with Crippen molar-refractivity contribution in [3.05, 3.63) is 95.1 Å². The third-order valence-corrected chi connectivity index (χ3v) is 7.01. The van der Waals surface area contributed by atoms with Gasteiger partial charge in [-0.3, -0.25) is 9.59 Å². The lowest BCUT2D eigenvalue weighted by molar-refractivity contribution is -0.0584. The molecule has 0 spiro atoms. The first-order chi connectivity index (χ1) is 15.1. The number of carbonyl (C=O) groups is 3. The van der Waals surface area contributed by atoms with E-state index in [0.717, 1.165) is 20.1 Å². The van der Waals surface area contributed by atoms with Crippen molar-refractivity contribution in [1.82, 2.24) is 10.0 Å². The predicted molar refractivity (Wildman–Crippen MR) is 118 cm³/mol. The zero-order chi connectivity index (χ0) is 21.4. The summed E-state index contributed by atoms with van der Waals surface area (Å²) in [4.78, 5) is 46.8. The molecule has 1 aliphatic rings. The molecule has 8 heteroatoms. The third kappa shape index (κ3) is 3.71. The smallest absolute Gasteiger partial charge is 0.324 e. The van der Waals surface area contributed by atoms with Gasteiger partial charge >= 0.3 is 5.97 Å². The number of benzene rings is 3. The summed E-state index contributed by atoms with van der Waals surface area (Å²) in [5, 5.41) is 0.518. The molecule has 5 rings (SSSR count). The van der Waals surface area contributed by atoms with Crippen molar-refractivity contribution in [3.8, 4) is 0 Å². The zero-order valence-electron chi connectivity index (χ0n) is 16.0. The molecule has 1 aliphatic heterocycles. The van der Waals surface area contributed by atoms with Crippen LogP contribution >= 0.6 is 23.1 Å². The minimum absolute atomic E-state index is 0.225. The maximum absolute atomic E-state index is 12.5. The van der Waals surface area contributed by atoms with E-state index in [1.165, 1.54) is 12.1 Å². The molecule has 31 heavy (non-hydrogen) atoms. The van der Waals surface area contributed by atoms with Crippen LogP contribution in [0.1, 0.15) is 36.6 Å². The molecule has 0 aliphatic carbocycles. The second-order valence-electron chi connectivity index (χ2n) is 6.76. The lowest BCUT2D eigenvalue weighted by atomic mass is 10.1. The summed E-state index contributed by atoms with van der Waals surface area (Å²) in [6.07, 6.45) is 0. The van der Waals surface area contributed by atoms with Crippen molar-refractivity contribution < 1.29 is 19.2 Å². The topological polar surface area (TPSA) is 76.6 Å². The van der Waals surface area contributed by atoms with E-state index in [9.17, 15) is 14.4 Å². The molecule has 0 N–H and O–H groups in total. The quantitative estimate of drug-likeness (QED) is 0.319. The fourth-order valence-electron chi connectivity index (χ4n) is 3.18. The number of para-hydroxylation sites is 1. The molecule has 152 valence electrons. The molecule has 4 aromatic rings. The van der Waals surface area contributed by atoms with E-state index < -0.39 is 17.8 Å². The number of hydroxylamine groups is 2. The number of thiazole rings is 1. The first kappa shape index (κ1) is 19.5. The normalized spacial score (nSPS) is 13.0. The van der Waals surface area contributed by atoms with Crippen LogP contribution in [0.15, 0.2) is 77.1 Å². The first-order valence-electron chi connectivity index (χ1n) is 9.37. The van der Waals surface area contributed by atoms with Gasteiger partial charge in [-0.25, -0.2) is 9.78 Å². The second-order valence-corrected chi connectivity index (χ2v) is 9.02. The predicted octanol–water partition coefficient (Wildman–Crippen LogP) is 4.96. The molecule has 3 aromatic carbocycles. The van der Waals surface area contributed by atoms with Crippen LogP contribution in [0.4, 0.5) is 0 Å². The van der Waals surface area contributed by atoms with E-state index in [0.29, 0.717) is 10.8 Å². The van der Waals surface area contributed by atoms with Crippen LogP contribution in [0.2, 0.25) is 0 Å². The molecule has 0 atom stereocenters. The van der Waals surface area contributed by atoms with Gasteiger partial charge in [-0.15, -0.1) is 11.3 Å². The second kappa shape index (κ2) is 7.98. The monoisotopic (exact) mass is 446 g/mol. The average Bonchev–Trinajstić information content (AvgIpc) is 3.33. The number of hydrogen-bond donors (Lipinski definition) is 0. The molecular weight excluding hydrogens is 432 g/mol. The summed E-state index contributed by atoms with van der Waals surface area (Å²) >= 11 is 3.27. The van der Waals surface area contributed by atoms with Gasteiger partial charge in [-0.1, -0.05) is 53.2 Å². The summed E-state index contributed by atoms with van der Waals surface area (Å²) in [6, 6.07) is 21.2. The average molecular weight is 447 g/mol. The molecule has 0 saturated carbocycles. The number of thioether (sulfide) groups is 1. The Kier molecular flexibility index (Phi) is 5.01. The van der Waals surface area contributed by atoms with Crippen molar-refractivity contribution in [2.24, 2.45) is 0 Å². The lowest BCUT2D eigenvalue weighted by Crippen LogP contribution is -2.32. The molecule has 2 amide bonds. The number of imide groups is 1. The maximum atomic E-state index is 12.5. The molecule has 1 aromatic heterocycles. The van der Waals surface area contributed by atoms with Crippen LogP contribution in [0.25, 0.3) is 10.2 Å². The van der Waals surface area contributed by atoms with E-state index in [1.54, 1.807) is 47.4 Å². The Balaban J connectivity index is 1.23. The Bertz CT molecular complexity index is 1260. The van der Waals surface area contributed by atoms with Crippen LogP contribution < -0.4 is 0 Å². The number of nitrogens with zero attached hydrogens (tertiary/aromatic N) is 2. The molecule has 0 saturated heterocycles. The number of hydrogen-bond acceptors (Lipinski definition) is 7. The van der Waals surface area contributed by atoms with Crippen LogP contribution in [-0.2, 0) is 10.6 Å². The van der Waals surface area contributed by atoms with Crippen LogP contribution in [0.5, 0.6) is 0 Å². The minimum atomic E-state index is -0.764. The van der Waals surface area contributed by atoms with Crippen LogP contribution in [0, 0.1) is 0 Å². The number of rotatable bonds is 5. The largest absolute Gasteiger partial charge is 0.363 e. The summed E-state index contributed by atoms with van der Waals surface area (Å²) in [5.74, 6) is -1.34. The Morgan fingerprint density at radius 2 is 1.55 bits per heavy atom. The van der Waals surface area contributed by atoms with E-state index in [1.807, 2.05) is 36.4 Å². The highest BCUT2D eigenvalue weighted by Crippen LogP contribution is 2.31. The summed E-state index contributed by atoms with van der Waals surface area (Å²) in [6.45, 7) is 0. The van der Waals surface area contributed by atoms with Gasteiger partial charge in [-0.2, -0.15) is 0 Å². The standard InChI is InChI=1S/C23H14N2O4S2/c26-20-16-5-1-2-6-17(16)21(27)25(20)29-22(28)15-11-9-14(10-12-15)13-30-23-24-18-7-3-4-8-19(18)31-23/h1-12H,13H2. The van der Waals surface area contributed by atoms with Crippen molar-refractivity contribution in [1.29, 1.82) is 0 Å².